The Balaban J connectivity index is 2.98. The fourth-order valence-corrected chi connectivity index (χ4v) is 2.19. The number of nitrogens with one attached hydrogen (secondary N) is 2. The van der Waals surface area contributed by atoms with E-state index in [9.17, 15) is 31.9 Å². The minimum atomic E-state index is -4.75. The number of alkyl halides is 3. The lowest BCUT2D eigenvalue weighted by Gasteiger charge is -2.21. The number of carbonyl (C=O) groups is 3. The summed E-state index contributed by atoms with van der Waals surface area (Å²) in [6.07, 6.45) is -6.27. The zero-order valence-electron chi connectivity index (χ0n) is 16.3. The molecule has 0 unspecified atom stereocenters. The average Bonchev–Trinajstić information content (AvgIpc) is 2.57. The van der Waals surface area contributed by atoms with Gasteiger partial charge in [0.05, 0.1) is 25.1 Å². The molecule has 0 fully saturated rings. The molecule has 0 heterocycles. The van der Waals surface area contributed by atoms with Crippen molar-refractivity contribution in [3.05, 3.63) is 35.1 Å². The number of rotatable bonds is 6. The van der Waals surface area contributed by atoms with Gasteiger partial charge in [0.15, 0.2) is 0 Å². The third-order valence-electron chi connectivity index (χ3n) is 3.42. The molecule has 2 amide bonds. The number of alkyl carbamates (subject to hydrolysis) is 1. The second kappa shape index (κ2) is 9.57. The van der Waals surface area contributed by atoms with Gasteiger partial charge in [-0.15, -0.1) is 0 Å². The highest BCUT2D eigenvalue weighted by Crippen LogP contribution is 2.32. The SMILES string of the molecule is COC(=O)C[C@H](NC(=O)CNC(=O)OC(C)(C)C)c1cc(C(F)(F)F)ccc1F. The first-order valence-electron chi connectivity index (χ1n) is 8.42. The molecular formula is C18H22F4N2O5. The van der Waals surface area contributed by atoms with Crippen LogP contribution in [0.2, 0.25) is 0 Å². The number of hydrogen-bond acceptors (Lipinski definition) is 5. The van der Waals surface area contributed by atoms with Crippen LogP contribution in [0.4, 0.5) is 22.4 Å². The van der Waals surface area contributed by atoms with Crippen molar-refractivity contribution >= 4 is 18.0 Å². The Bertz CT molecular complexity index is 760. The monoisotopic (exact) mass is 422 g/mol. The zero-order chi connectivity index (χ0) is 22.4. The van der Waals surface area contributed by atoms with Crippen LogP contribution in [0.3, 0.4) is 0 Å². The van der Waals surface area contributed by atoms with Gasteiger partial charge in [-0.25, -0.2) is 9.18 Å². The molecule has 0 saturated heterocycles. The number of methoxy groups -OCH3 is 1. The zero-order valence-corrected chi connectivity index (χ0v) is 16.3. The highest BCUT2D eigenvalue weighted by molar-refractivity contribution is 5.83. The Morgan fingerprint density at radius 1 is 1.14 bits per heavy atom. The number of ether oxygens (including phenoxy) is 2. The van der Waals surface area contributed by atoms with Crippen LogP contribution in [-0.4, -0.2) is 37.2 Å². The van der Waals surface area contributed by atoms with Crippen molar-refractivity contribution in [3.8, 4) is 0 Å². The van der Waals surface area contributed by atoms with E-state index < -0.39 is 65.7 Å². The van der Waals surface area contributed by atoms with Crippen molar-refractivity contribution in [2.75, 3.05) is 13.7 Å². The summed E-state index contributed by atoms with van der Waals surface area (Å²) in [5.41, 5.74) is -2.50. The fourth-order valence-electron chi connectivity index (χ4n) is 2.19. The normalized spacial score (nSPS) is 12.7. The van der Waals surface area contributed by atoms with Crippen LogP contribution in [-0.2, 0) is 25.2 Å². The molecule has 0 radical (unpaired) electrons. The lowest BCUT2D eigenvalue weighted by atomic mass is 10.00. The quantitative estimate of drug-likeness (QED) is 0.543. The predicted octanol–water partition coefficient (Wildman–Crippen LogP) is 3.09. The smallest absolute Gasteiger partial charge is 0.416 e. The molecule has 11 heteroatoms. The van der Waals surface area contributed by atoms with Crippen molar-refractivity contribution in [2.24, 2.45) is 0 Å². The summed E-state index contributed by atoms with van der Waals surface area (Å²) >= 11 is 0. The average molecular weight is 422 g/mol. The van der Waals surface area contributed by atoms with Crippen LogP contribution >= 0.6 is 0 Å². The van der Waals surface area contributed by atoms with E-state index in [0.717, 1.165) is 7.11 Å². The Hall–Kier alpha value is -2.85. The van der Waals surface area contributed by atoms with Crippen molar-refractivity contribution in [1.29, 1.82) is 0 Å². The van der Waals surface area contributed by atoms with Gasteiger partial charge in [0.2, 0.25) is 5.91 Å². The second-order valence-electron chi connectivity index (χ2n) is 6.99. The van der Waals surface area contributed by atoms with Gasteiger partial charge in [-0.3, -0.25) is 9.59 Å². The van der Waals surface area contributed by atoms with Gasteiger partial charge < -0.3 is 20.1 Å². The third kappa shape index (κ3) is 8.36. The molecule has 0 spiro atoms. The minimum Gasteiger partial charge on any atom is -0.469 e. The van der Waals surface area contributed by atoms with E-state index in [-0.39, 0.29) is 0 Å². The van der Waals surface area contributed by atoms with Crippen molar-refractivity contribution in [1.82, 2.24) is 10.6 Å². The summed E-state index contributed by atoms with van der Waals surface area (Å²) in [5.74, 6) is -2.80. The van der Waals surface area contributed by atoms with E-state index in [2.05, 4.69) is 15.4 Å². The molecule has 0 aliphatic heterocycles. The topological polar surface area (TPSA) is 93.7 Å². The largest absolute Gasteiger partial charge is 0.469 e. The van der Waals surface area contributed by atoms with Crippen LogP contribution in [0, 0.1) is 5.82 Å². The molecule has 0 aliphatic rings. The molecule has 1 atom stereocenters. The first-order chi connectivity index (χ1) is 13.2. The Morgan fingerprint density at radius 2 is 1.76 bits per heavy atom. The lowest BCUT2D eigenvalue weighted by molar-refractivity contribution is -0.141. The summed E-state index contributed by atoms with van der Waals surface area (Å²) in [7, 11) is 1.04. The molecular weight excluding hydrogens is 400 g/mol. The molecule has 0 aliphatic carbocycles. The molecule has 0 saturated carbocycles. The summed E-state index contributed by atoms with van der Waals surface area (Å²) in [4.78, 5) is 35.2. The lowest BCUT2D eigenvalue weighted by Crippen LogP contribution is -2.41. The first-order valence-corrected chi connectivity index (χ1v) is 8.42. The van der Waals surface area contributed by atoms with E-state index in [1.807, 2.05) is 0 Å². The molecule has 1 aromatic rings. The van der Waals surface area contributed by atoms with E-state index in [0.29, 0.717) is 18.2 Å². The fraction of sp³-hybridized carbons (Fsp3) is 0.500. The van der Waals surface area contributed by atoms with Gasteiger partial charge in [0.25, 0.3) is 0 Å². The Labute approximate surface area is 164 Å². The van der Waals surface area contributed by atoms with E-state index >= 15 is 0 Å². The number of esters is 1. The number of benzene rings is 1. The van der Waals surface area contributed by atoms with Crippen LogP contribution in [0.25, 0.3) is 0 Å². The summed E-state index contributed by atoms with van der Waals surface area (Å²) in [5, 5.41) is 4.37. The van der Waals surface area contributed by atoms with Gasteiger partial charge in [0.1, 0.15) is 18.0 Å². The van der Waals surface area contributed by atoms with Crippen molar-refractivity contribution in [3.63, 3.8) is 0 Å². The second-order valence-corrected chi connectivity index (χ2v) is 6.99. The van der Waals surface area contributed by atoms with E-state index in [1.54, 1.807) is 20.8 Å². The number of hydrogen-bond donors (Lipinski definition) is 2. The molecule has 0 aromatic heterocycles. The standard InChI is InChI=1S/C18H22F4N2O5/c1-17(2,3)29-16(27)23-9-14(25)24-13(8-15(26)28-4)11-7-10(18(20,21)22)5-6-12(11)19/h5-7,13H,8-9H2,1-4H3,(H,23,27)(H,24,25)/t13-/m0/s1. The maximum atomic E-state index is 14.2. The highest BCUT2D eigenvalue weighted by atomic mass is 19.4. The van der Waals surface area contributed by atoms with Gasteiger partial charge in [-0.05, 0) is 39.0 Å². The molecule has 1 aromatic carbocycles. The van der Waals surface area contributed by atoms with Crippen LogP contribution in [0.1, 0.15) is 44.4 Å². The maximum Gasteiger partial charge on any atom is 0.416 e. The number of halogens is 4. The first kappa shape index (κ1) is 24.2. The van der Waals surface area contributed by atoms with Crippen LogP contribution < -0.4 is 10.6 Å². The summed E-state index contributed by atoms with van der Waals surface area (Å²) in [6, 6.07) is 0.190. The highest BCUT2D eigenvalue weighted by Gasteiger charge is 2.33. The van der Waals surface area contributed by atoms with E-state index in [1.165, 1.54) is 0 Å². The third-order valence-corrected chi connectivity index (χ3v) is 3.42. The number of carbonyl (C=O) groups excluding carboxylic acids is 3. The van der Waals surface area contributed by atoms with Crippen LogP contribution in [0.15, 0.2) is 18.2 Å². The predicted molar refractivity (Wildman–Crippen MR) is 93.2 cm³/mol. The molecule has 0 bridgehead atoms. The maximum absolute atomic E-state index is 14.2. The van der Waals surface area contributed by atoms with Gasteiger partial charge in [0, 0.05) is 5.56 Å². The minimum absolute atomic E-state index is 0.504. The molecule has 29 heavy (non-hydrogen) atoms. The Morgan fingerprint density at radius 3 is 2.28 bits per heavy atom. The molecule has 2 N–H and O–H groups in total. The van der Waals surface area contributed by atoms with Crippen molar-refractivity contribution < 1.29 is 41.4 Å². The van der Waals surface area contributed by atoms with E-state index in [4.69, 9.17) is 4.74 Å². The summed E-state index contributed by atoms with van der Waals surface area (Å²) < 4.78 is 62.4. The Kier molecular flexibility index (Phi) is 7.98. The van der Waals surface area contributed by atoms with Gasteiger partial charge in [-0.1, -0.05) is 0 Å². The van der Waals surface area contributed by atoms with Gasteiger partial charge in [-0.2, -0.15) is 13.2 Å². The number of amides is 2. The molecule has 162 valence electrons. The van der Waals surface area contributed by atoms with Gasteiger partial charge >= 0.3 is 18.2 Å². The van der Waals surface area contributed by atoms with Crippen LogP contribution in [0.5, 0.6) is 0 Å². The summed E-state index contributed by atoms with van der Waals surface area (Å²) in [6.45, 7) is 4.22. The molecule has 7 nitrogen and oxygen atoms in total. The van der Waals surface area contributed by atoms with Crippen molar-refractivity contribution in [2.45, 2.75) is 45.0 Å². The molecule has 1 rings (SSSR count).